The number of rotatable bonds is 5. The molecule has 2 N–H and O–H groups in total. The van der Waals surface area contributed by atoms with Gasteiger partial charge >= 0.3 is 0 Å². The van der Waals surface area contributed by atoms with E-state index in [0.29, 0.717) is 16.5 Å². The van der Waals surface area contributed by atoms with Gasteiger partial charge in [-0.2, -0.15) is 0 Å². The van der Waals surface area contributed by atoms with Gasteiger partial charge in [-0.05, 0) is 24.0 Å². The number of aliphatic hydroxyl groups excluding tert-OH is 1. The number of thioether (sulfide) groups is 1. The summed E-state index contributed by atoms with van der Waals surface area (Å²) < 4.78 is 1.82. The fraction of sp³-hybridized carbons (Fsp3) is 0.214. The molecule has 0 fully saturated rings. The summed E-state index contributed by atoms with van der Waals surface area (Å²) >= 11 is 9.01. The van der Waals surface area contributed by atoms with E-state index in [9.17, 15) is 5.11 Å². The van der Waals surface area contributed by atoms with Crippen LogP contribution in [-0.4, -0.2) is 32.9 Å². The predicted molar refractivity (Wildman–Crippen MR) is 91.9 cm³/mol. The molecule has 2 heterocycles. The number of aromatic nitrogens is 3. The molecule has 114 valence electrons. The van der Waals surface area contributed by atoms with Gasteiger partial charge in [0.25, 0.3) is 0 Å². The maximum Gasteiger partial charge on any atom is 0.176 e. The van der Waals surface area contributed by atoms with E-state index in [1.54, 1.807) is 23.9 Å². The predicted octanol–water partition coefficient (Wildman–Crippen LogP) is 3.61. The van der Waals surface area contributed by atoms with Gasteiger partial charge in [-0.3, -0.25) is 0 Å². The minimum Gasteiger partial charge on any atom is -0.394 e. The zero-order chi connectivity index (χ0) is 15.5. The van der Waals surface area contributed by atoms with E-state index in [0.717, 1.165) is 14.6 Å². The largest absolute Gasteiger partial charge is 0.394 e. The Morgan fingerprint density at radius 1 is 1.32 bits per heavy atom. The van der Waals surface area contributed by atoms with E-state index < -0.39 is 0 Å². The Kier molecular flexibility index (Phi) is 4.77. The molecule has 0 radical (unpaired) electrons. The van der Waals surface area contributed by atoms with Crippen LogP contribution in [0.3, 0.4) is 0 Å². The first kappa shape index (κ1) is 15.5. The molecule has 1 aromatic carbocycles. The van der Waals surface area contributed by atoms with Crippen molar-refractivity contribution >= 4 is 50.9 Å². The topological polar surface area (TPSA) is 70.9 Å². The van der Waals surface area contributed by atoms with Crippen molar-refractivity contribution in [3.8, 4) is 0 Å². The summed E-state index contributed by atoms with van der Waals surface area (Å²) in [6.07, 6.45) is 3.45. The lowest BCUT2D eigenvalue weighted by molar-refractivity contribution is 0.276. The number of aliphatic hydroxyl groups is 1. The second-order valence-corrected chi connectivity index (χ2v) is 6.98. The molecule has 0 aliphatic carbocycles. The zero-order valence-electron chi connectivity index (χ0n) is 11.7. The monoisotopic (exact) mass is 352 g/mol. The van der Waals surface area contributed by atoms with E-state index in [-0.39, 0.29) is 12.6 Å². The van der Waals surface area contributed by atoms with E-state index >= 15 is 0 Å². The van der Waals surface area contributed by atoms with Crippen LogP contribution in [0.1, 0.15) is 11.6 Å². The Labute approximate surface area is 140 Å². The van der Waals surface area contributed by atoms with Crippen molar-refractivity contribution in [2.75, 3.05) is 18.2 Å². The number of thiazole rings is 1. The van der Waals surface area contributed by atoms with Crippen molar-refractivity contribution < 1.29 is 5.11 Å². The summed E-state index contributed by atoms with van der Waals surface area (Å²) in [6, 6.07) is 7.10. The van der Waals surface area contributed by atoms with E-state index in [4.69, 9.17) is 11.6 Å². The molecule has 0 amide bonds. The van der Waals surface area contributed by atoms with Crippen molar-refractivity contribution in [1.29, 1.82) is 0 Å². The van der Waals surface area contributed by atoms with Crippen LogP contribution in [0.15, 0.2) is 34.9 Å². The molecule has 3 rings (SSSR count). The first-order valence-corrected chi connectivity index (χ1v) is 8.91. The summed E-state index contributed by atoms with van der Waals surface area (Å²) in [4.78, 5) is 12.9. The quantitative estimate of drug-likeness (QED) is 0.683. The number of benzene rings is 1. The van der Waals surface area contributed by atoms with Crippen LogP contribution < -0.4 is 5.32 Å². The van der Waals surface area contributed by atoms with E-state index in [1.165, 1.54) is 17.7 Å². The maximum atomic E-state index is 9.68. The Morgan fingerprint density at radius 3 is 2.77 bits per heavy atom. The third kappa shape index (κ3) is 3.17. The molecule has 22 heavy (non-hydrogen) atoms. The van der Waals surface area contributed by atoms with E-state index in [2.05, 4.69) is 20.3 Å². The van der Waals surface area contributed by atoms with Crippen LogP contribution in [0.2, 0.25) is 5.02 Å². The summed E-state index contributed by atoms with van der Waals surface area (Å²) in [5, 5.41) is 13.6. The van der Waals surface area contributed by atoms with Crippen LogP contribution in [0.25, 0.3) is 10.3 Å². The van der Waals surface area contributed by atoms with Gasteiger partial charge in [0.2, 0.25) is 0 Å². The number of nitrogens with zero attached hydrogens (tertiary/aromatic N) is 3. The Morgan fingerprint density at radius 2 is 2.09 bits per heavy atom. The number of fused-ring (bicyclic) bond motifs is 1. The first-order chi connectivity index (χ1) is 10.7. The summed E-state index contributed by atoms with van der Waals surface area (Å²) in [6.45, 7) is -0.0542. The lowest BCUT2D eigenvalue weighted by atomic mass is 10.1. The Balaban J connectivity index is 1.93. The molecule has 3 aromatic rings. The van der Waals surface area contributed by atoms with Gasteiger partial charge in [0, 0.05) is 5.02 Å². The van der Waals surface area contributed by atoms with Gasteiger partial charge in [0.1, 0.15) is 16.8 Å². The molecule has 0 aliphatic heterocycles. The Hall–Kier alpha value is -1.41. The fourth-order valence-corrected chi connectivity index (χ4v) is 3.61. The lowest BCUT2D eigenvalue weighted by Gasteiger charge is -2.17. The average molecular weight is 353 g/mol. The highest BCUT2D eigenvalue weighted by Crippen LogP contribution is 2.32. The molecule has 0 bridgehead atoms. The van der Waals surface area contributed by atoms with Gasteiger partial charge in [0.15, 0.2) is 9.99 Å². The van der Waals surface area contributed by atoms with Crippen LogP contribution in [-0.2, 0) is 0 Å². The summed E-state index contributed by atoms with van der Waals surface area (Å²) in [7, 11) is 0. The number of hydrogen-bond donors (Lipinski definition) is 2. The molecule has 5 nitrogen and oxygen atoms in total. The minimum atomic E-state index is -0.268. The van der Waals surface area contributed by atoms with Gasteiger partial charge in [0.05, 0.1) is 12.6 Å². The van der Waals surface area contributed by atoms with Crippen molar-refractivity contribution in [2.45, 2.75) is 10.4 Å². The van der Waals surface area contributed by atoms with Gasteiger partial charge in [-0.15, -0.1) is 11.3 Å². The van der Waals surface area contributed by atoms with Gasteiger partial charge in [-0.25, -0.2) is 15.0 Å². The molecule has 1 atom stereocenters. The first-order valence-electron chi connectivity index (χ1n) is 6.49. The third-order valence-electron chi connectivity index (χ3n) is 3.11. The van der Waals surface area contributed by atoms with Crippen molar-refractivity contribution in [2.24, 2.45) is 0 Å². The maximum absolute atomic E-state index is 9.68. The highest BCUT2D eigenvalue weighted by atomic mass is 35.5. The molecular formula is C14H13ClN4OS2. The van der Waals surface area contributed by atoms with E-state index in [1.807, 2.05) is 18.4 Å². The second kappa shape index (κ2) is 6.78. The fourth-order valence-electron chi connectivity index (χ4n) is 2.02. The standard InChI is InChI=1S/C14H13ClN4OS2/c1-21-14-19-13-11(22-14)12(16-7-17-13)18-10(6-20)8-2-4-9(15)5-3-8/h2-5,7,10,20H,6H2,1H3,(H,16,17,18). The molecule has 2 aromatic heterocycles. The van der Waals surface area contributed by atoms with Crippen molar-refractivity contribution in [3.05, 3.63) is 41.2 Å². The molecular weight excluding hydrogens is 340 g/mol. The van der Waals surface area contributed by atoms with Gasteiger partial charge < -0.3 is 10.4 Å². The molecule has 0 saturated heterocycles. The highest BCUT2D eigenvalue weighted by Gasteiger charge is 2.15. The Bertz CT molecular complexity index is 778. The number of anilines is 1. The normalized spacial score (nSPS) is 12.5. The lowest BCUT2D eigenvalue weighted by Crippen LogP contribution is -2.15. The summed E-state index contributed by atoms with van der Waals surface area (Å²) in [5.74, 6) is 0.678. The molecule has 0 spiro atoms. The SMILES string of the molecule is CSc1nc2ncnc(NC(CO)c3ccc(Cl)cc3)c2s1. The molecule has 0 aliphatic rings. The van der Waals surface area contributed by atoms with Crippen molar-refractivity contribution in [3.63, 3.8) is 0 Å². The van der Waals surface area contributed by atoms with Crippen LogP contribution in [0, 0.1) is 0 Å². The molecule has 0 saturated carbocycles. The highest BCUT2D eigenvalue weighted by molar-refractivity contribution is 8.00. The minimum absolute atomic E-state index is 0.0542. The average Bonchev–Trinajstić information content (AvgIpc) is 2.97. The zero-order valence-corrected chi connectivity index (χ0v) is 14.0. The number of halogens is 1. The third-order valence-corrected chi connectivity index (χ3v) is 5.40. The number of nitrogens with one attached hydrogen (secondary N) is 1. The van der Waals surface area contributed by atoms with Crippen LogP contribution in [0.4, 0.5) is 5.82 Å². The van der Waals surface area contributed by atoms with Crippen molar-refractivity contribution in [1.82, 2.24) is 15.0 Å². The summed E-state index contributed by atoms with van der Waals surface area (Å²) in [5.41, 5.74) is 1.60. The molecule has 8 heteroatoms. The molecule has 1 unspecified atom stereocenters. The van der Waals surface area contributed by atoms with Gasteiger partial charge in [-0.1, -0.05) is 35.5 Å². The van der Waals surface area contributed by atoms with Crippen LogP contribution >= 0.6 is 34.7 Å². The smallest absolute Gasteiger partial charge is 0.176 e. The van der Waals surface area contributed by atoms with Crippen LogP contribution in [0.5, 0.6) is 0 Å². The number of hydrogen-bond acceptors (Lipinski definition) is 7. The second-order valence-electron chi connectivity index (χ2n) is 4.49.